The van der Waals surface area contributed by atoms with Gasteiger partial charge >= 0.3 is 6.18 Å². The number of amides is 1. The van der Waals surface area contributed by atoms with Crippen molar-refractivity contribution in [2.45, 2.75) is 36.9 Å². The van der Waals surface area contributed by atoms with Gasteiger partial charge in [-0.15, -0.1) is 0 Å². The van der Waals surface area contributed by atoms with E-state index in [-0.39, 0.29) is 35.0 Å². The third-order valence-corrected chi connectivity index (χ3v) is 7.16. The monoisotopic (exact) mass is 570 g/mol. The fourth-order valence-corrected chi connectivity index (χ4v) is 4.85. The number of aromatic nitrogens is 3. The van der Waals surface area contributed by atoms with E-state index >= 15 is 0 Å². The van der Waals surface area contributed by atoms with Gasteiger partial charge < -0.3 is 16.2 Å². The maximum atomic E-state index is 13.0. The van der Waals surface area contributed by atoms with Gasteiger partial charge in [-0.25, -0.2) is 18.4 Å². The molecule has 1 aliphatic rings. The minimum Gasteiger partial charge on any atom is -0.395 e. The smallest absolute Gasteiger partial charge is 0.395 e. The van der Waals surface area contributed by atoms with Crippen LogP contribution in [0, 0.1) is 6.92 Å². The van der Waals surface area contributed by atoms with Gasteiger partial charge in [-0.05, 0) is 44.0 Å². The number of anilines is 1. The lowest BCUT2D eigenvalue weighted by Crippen LogP contribution is -2.48. The number of nitrogens with one attached hydrogen (secondary N) is 1. The van der Waals surface area contributed by atoms with Crippen LogP contribution in [-0.4, -0.2) is 89.7 Å². The number of hydrogen-bond acceptors (Lipinski definition) is 9. The average Bonchev–Trinajstić information content (AvgIpc) is 3.28. The van der Waals surface area contributed by atoms with E-state index in [0.29, 0.717) is 30.0 Å². The van der Waals surface area contributed by atoms with Crippen molar-refractivity contribution in [2.75, 3.05) is 38.2 Å². The first-order valence-corrected chi connectivity index (χ1v) is 13.7. The van der Waals surface area contributed by atoms with Crippen LogP contribution in [0.2, 0.25) is 0 Å². The lowest BCUT2D eigenvalue weighted by atomic mass is 10.1. The van der Waals surface area contributed by atoms with Crippen molar-refractivity contribution < 1.29 is 36.3 Å². The molecular formula is C24H29F3N6O5S. The number of aryl methyl sites for hydroxylation is 1. The molecule has 3 aromatic rings. The van der Waals surface area contributed by atoms with Gasteiger partial charge in [0.05, 0.1) is 23.4 Å². The van der Waals surface area contributed by atoms with Crippen LogP contribution in [-0.2, 0) is 14.6 Å². The third-order valence-electron chi connectivity index (χ3n) is 6.05. The Bertz CT molecular complexity index is 1460. The summed E-state index contributed by atoms with van der Waals surface area (Å²) >= 11 is 0. The number of rotatable bonds is 6. The van der Waals surface area contributed by atoms with Crippen LogP contribution in [0.3, 0.4) is 0 Å². The fourth-order valence-electron chi connectivity index (χ4n) is 4.21. The number of fused-ring (bicyclic) bond motifs is 1. The van der Waals surface area contributed by atoms with Gasteiger partial charge in [0.15, 0.2) is 21.3 Å². The number of aldehydes is 1. The molecule has 1 aromatic carbocycles. The number of piperidine rings is 1. The number of alkyl halides is 3. The van der Waals surface area contributed by atoms with E-state index in [2.05, 4.69) is 20.2 Å². The SMILES string of the molecule is Cc1ccc(S(C)(=O)=O)cc1-c1cnc2c(N)nc(C(=O)NC3CCCN(CCO)C3)cn12.O=CC(F)(F)F. The highest BCUT2D eigenvalue weighted by Gasteiger charge is 2.25. The zero-order chi connectivity index (χ0) is 29.0. The Balaban J connectivity index is 0.000000631. The van der Waals surface area contributed by atoms with Crippen LogP contribution >= 0.6 is 0 Å². The molecule has 0 bridgehead atoms. The first-order chi connectivity index (χ1) is 18.2. The lowest BCUT2D eigenvalue weighted by molar-refractivity contribution is -0.156. The Morgan fingerprint density at radius 2 is 2.03 bits per heavy atom. The molecule has 2 aromatic heterocycles. The highest BCUT2D eigenvalue weighted by Crippen LogP contribution is 2.28. The predicted octanol–water partition coefficient (Wildman–Crippen LogP) is 1.62. The molecule has 1 amide bonds. The van der Waals surface area contributed by atoms with E-state index in [1.54, 1.807) is 35.0 Å². The number of aliphatic hydroxyl groups is 1. The molecule has 1 atom stereocenters. The minimum absolute atomic E-state index is 0.0486. The number of nitrogen functional groups attached to an aromatic ring is 1. The van der Waals surface area contributed by atoms with E-state index in [0.717, 1.165) is 31.2 Å². The van der Waals surface area contributed by atoms with Crippen LogP contribution in [0.1, 0.15) is 28.9 Å². The second-order valence-electron chi connectivity index (χ2n) is 9.09. The van der Waals surface area contributed by atoms with Crippen molar-refractivity contribution in [3.05, 3.63) is 41.9 Å². The molecule has 3 heterocycles. The number of hydrogen-bond donors (Lipinski definition) is 3. The number of likely N-dealkylation sites (tertiary alicyclic amines) is 1. The Hall–Kier alpha value is -3.56. The number of imidazole rings is 1. The number of sulfone groups is 1. The van der Waals surface area contributed by atoms with Crippen LogP contribution < -0.4 is 11.1 Å². The predicted molar refractivity (Wildman–Crippen MR) is 137 cm³/mol. The Labute approximate surface area is 222 Å². The van der Waals surface area contributed by atoms with E-state index in [9.17, 15) is 31.5 Å². The summed E-state index contributed by atoms with van der Waals surface area (Å²) in [5.41, 5.74) is 8.79. The fraction of sp³-hybridized carbons (Fsp3) is 0.417. The minimum atomic E-state index is -4.64. The number of carbonyl (C=O) groups is 2. The number of benzene rings is 1. The van der Waals surface area contributed by atoms with Gasteiger partial charge in [-0.1, -0.05) is 6.07 Å². The summed E-state index contributed by atoms with van der Waals surface area (Å²) in [5.74, 6) is -0.239. The van der Waals surface area contributed by atoms with Gasteiger partial charge in [-0.3, -0.25) is 18.9 Å². The number of β-amino-alcohol motifs (C(OH)–C–C–N with tert-alkyl or cyclic N) is 1. The summed E-state index contributed by atoms with van der Waals surface area (Å²) < 4.78 is 57.0. The highest BCUT2D eigenvalue weighted by atomic mass is 32.2. The molecule has 1 fully saturated rings. The Morgan fingerprint density at radius 3 is 2.64 bits per heavy atom. The van der Waals surface area contributed by atoms with Gasteiger partial charge in [0.2, 0.25) is 6.29 Å². The molecule has 4 rings (SSSR count). The Morgan fingerprint density at radius 1 is 1.33 bits per heavy atom. The second kappa shape index (κ2) is 12.1. The van der Waals surface area contributed by atoms with Gasteiger partial charge in [0.1, 0.15) is 5.69 Å². The van der Waals surface area contributed by atoms with E-state index in [1.807, 2.05) is 6.92 Å². The zero-order valence-corrected chi connectivity index (χ0v) is 22.1. The first-order valence-electron chi connectivity index (χ1n) is 11.8. The van der Waals surface area contributed by atoms with E-state index < -0.39 is 22.3 Å². The normalized spacial score (nSPS) is 16.4. The van der Waals surface area contributed by atoms with E-state index in [4.69, 9.17) is 10.5 Å². The van der Waals surface area contributed by atoms with Crippen molar-refractivity contribution in [1.82, 2.24) is 24.6 Å². The summed E-state index contributed by atoms with van der Waals surface area (Å²) in [6, 6.07) is 4.86. The first kappa shape index (κ1) is 30.0. The van der Waals surface area contributed by atoms with Gasteiger partial charge in [0, 0.05) is 37.1 Å². The number of nitrogens with zero attached hydrogens (tertiary/aromatic N) is 4. The molecule has 39 heavy (non-hydrogen) atoms. The quantitative estimate of drug-likeness (QED) is 0.374. The summed E-state index contributed by atoms with van der Waals surface area (Å²) in [4.78, 5) is 32.6. The lowest BCUT2D eigenvalue weighted by Gasteiger charge is -2.32. The molecule has 1 unspecified atom stereocenters. The maximum absolute atomic E-state index is 13.0. The van der Waals surface area contributed by atoms with Crippen LogP contribution in [0.15, 0.2) is 35.5 Å². The molecule has 0 saturated carbocycles. The van der Waals surface area contributed by atoms with Gasteiger partial charge in [-0.2, -0.15) is 13.2 Å². The number of aliphatic hydroxyl groups excluding tert-OH is 1. The summed E-state index contributed by atoms with van der Waals surface area (Å²) in [6.45, 7) is 4.10. The summed E-state index contributed by atoms with van der Waals surface area (Å²) in [5, 5.41) is 12.2. The van der Waals surface area contributed by atoms with E-state index in [1.165, 1.54) is 0 Å². The van der Waals surface area contributed by atoms with Crippen molar-refractivity contribution in [3.63, 3.8) is 0 Å². The van der Waals surface area contributed by atoms with Crippen LogP contribution in [0.25, 0.3) is 16.9 Å². The largest absolute Gasteiger partial charge is 0.446 e. The number of nitrogens with two attached hydrogens (primary N) is 1. The molecule has 11 nitrogen and oxygen atoms in total. The zero-order valence-electron chi connectivity index (χ0n) is 21.3. The molecule has 1 saturated heterocycles. The van der Waals surface area contributed by atoms with Crippen molar-refractivity contribution in [3.8, 4) is 11.3 Å². The van der Waals surface area contributed by atoms with Crippen molar-refractivity contribution >= 4 is 33.5 Å². The topological polar surface area (TPSA) is 160 Å². The maximum Gasteiger partial charge on any atom is 0.446 e. The summed E-state index contributed by atoms with van der Waals surface area (Å²) in [7, 11) is -3.39. The van der Waals surface area contributed by atoms with Crippen molar-refractivity contribution in [1.29, 1.82) is 0 Å². The molecule has 15 heteroatoms. The number of halogens is 3. The average molecular weight is 571 g/mol. The molecule has 1 aliphatic heterocycles. The standard InChI is InChI=1S/C22H28N6O4S.C2HF3O/c1-14-5-6-16(33(2,31)32)10-17(14)19-11-24-21-20(23)26-18(13-28(19)21)22(30)25-15-4-3-7-27(12-15)8-9-29;3-2(4,5)1-6/h5-6,10-11,13,15,29H,3-4,7-9,12H2,1-2H3,(H2,23,26)(H,25,30);1H. The Kier molecular flexibility index (Phi) is 9.30. The molecule has 0 radical (unpaired) electrons. The molecular weight excluding hydrogens is 541 g/mol. The molecule has 0 aliphatic carbocycles. The summed E-state index contributed by atoms with van der Waals surface area (Å²) in [6.07, 6.45) is 0.405. The second-order valence-corrected chi connectivity index (χ2v) is 11.1. The van der Waals surface area contributed by atoms with Gasteiger partial charge in [0.25, 0.3) is 5.91 Å². The third kappa shape index (κ3) is 7.74. The van der Waals surface area contributed by atoms with Crippen LogP contribution in [0.5, 0.6) is 0 Å². The number of carbonyl (C=O) groups excluding carboxylic acids is 2. The molecule has 4 N–H and O–H groups in total. The van der Waals surface area contributed by atoms with Crippen molar-refractivity contribution in [2.24, 2.45) is 0 Å². The molecule has 212 valence electrons. The highest BCUT2D eigenvalue weighted by molar-refractivity contribution is 7.90. The van der Waals surface area contributed by atoms with Crippen LogP contribution in [0.4, 0.5) is 19.0 Å². The molecule has 0 spiro atoms.